The van der Waals surface area contributed by atoms with E-state index in [4.69, 9.17) is 0 Å². The highest BCUT2D eigenvalue weighted by Crippen LogP contribution is 2.30. The summed E-state index contributed by atoms with van der Waals surface area (Å²) < 4.78 is 2.08. The number of carbonyl (C=O) groups excluding carboxylic acids is 1. The molecule has 6 nitrogen and oxygen atoms in total. The van der Waals surface area contributed by atoms with Crippen LogP contribution < -0.4 is 5.32 Å². The summed E-state index contributed by atoms with van der Waals surface area (Å²) in [6.07, 6.45) is 2.45. The van der Waals surface area contributed by atoms with E-state index in [0.29, 0.717) is 12.3 Å². The van der Waals surface area contributed by atoms with Crippen molar-refractivity contribution in [3.05, 3.63) is 39.9 Å². The van der Waals surface area contributed by atoms with Gasteiger partial charge in [-0.3, -0.25) is 9.69 Å². The van der Waals surface area contributed by atoms with Crippen LogP contribution in [0.2, 0.25) is 0 Å². The molecule has 0 bridgehead atoms. The number of thiophene rings is 2. The maximum absolute atomic E-state index is 12.7. The molecule has 1 fully saturated rings. The molecule has 0 saturated carbocycles. The molecule has 3 aromatic heterocycles. The van der Waals surface area contributed by atoms with E-state index < -0.39 is 0 Å². The van der Waals surface area contributed by atoms with Gasteiger partial charge in [0.05, 0.1) is 16.7 Å². The van der Waals surface area contributed by atoms with Gasteiger partial charge in [-0.25, -0.2) is 0 Å². The molecule has 4 heterocycles. The molecule has 1 atom stereocenters. The summed E-state index contributed by atoms with van der Waals surface area (Å²) in [5.74, 6) is 2.05. The number of carbonyl (C=O) groups is 1. The molecule has 166 valence electrons. The molecule has 0 aliphatic carbocycles. The van der Waals surface area contributed by atoms with E-state index in [1.54, 1.807) is 22.7 Å². The van der Waals surface area contributed by atoms with Crippen LogP contribution in [-0.2, 0) is 11.3 Å². The van der Waals surface area contributed by atoms with Crippen LogP contribution in [0.4, 0.5) is 0 Å². The molecular weight excluding hydrogens is 446 g/mol. The van der Waals surface area contributed by atoms with E-state index in [2.05, 4.69) is 56.3 Å². The largest absolute Gasteiger partial charge is 0.353 e. The van der Waals surface area contributed by atoms with Gasteiger partial charge in [0.15, 0.2) is 11.0 Å². The van der Waals surface area contributed by atoms with Gasteiger partial charge in [0, 0.05) is 18.0 Å². The molecule has 0 radical (unpaired) electrons. The quantitative estimate of drug-likeness (QED) is 0.452. The summed E-state index contributed by atoms with van der Waals surface area (Å²) >= 11 is 4.88. The molecule has 1 N–H and O–H groups in total. The first-order chi connectivity index (χ1) is 15.2. The first-order valence-electron chi connectivity index (χ1n) is 10.8. The Labute approximate surface area is 196 Å². The fraction of sp³-hybridized carbons (Fsp3) is 0.500. The summed E-state index contributed by atoms with van der Waals surface area (Å²) in [5, 5.41) is 16.8. The fourth-order valence-electron chi connectivity index (χ4n) is 3.89. The van der Waals surface area contributed by atoms with Crippen LogP contribution in [-0.4, -0.2) is 51.0 Å². The van der Waals surface area contributed by atoms with Crippen LogP contribution in [0.5, 0.6) is 0 Å². The number of nitrogens with one attached hydrogen (secondary N) is 1. The second-order valence-corrected chi connectivity index (χ2v) is 10.7. The predicted octanol–water partition coefficient (Wildman–Crippen LogP) is 4.77. The predicted molar refractivity (Wildman–Crippen MR) is 130 cm³/mol. The molecule has 0 spiro atoms. The number of rotatable bonds is 9. The minimum Gasteiger partial charge on any atom is -0.353 e. The first kappa shape index (κ1) is 22.5. The van der Waals surface area contributed by atoms with E-state index in [1.807, 2.05) is 17.5 Å². The number of hydrogen-bond acceptors (Lipinski definition) is 7. The molecule has 0 aromatic carbocycles. The second-order valence-electron chi connectivity index (χ2n) is 7.87. The first-order valence-corrected chi connectivity index (χ1v) is 13.5. The number of amides is 1. The topological polar surface area (TPSA) is 63.1 Å². The van der Waals surface area contributed by atoms with E-state index in [-0.39, 0.29) is 11.9 Å². The number of piperidine rings is 1. The lowest BCUT2D eigenvalue weighted by molar-refractivity contribution is -0.118. The van der Waals surface area contributed by atoms with Crippen molar-refractivity contribution in [1.82, 2.24) is 25.0 Å². The smallest absolute Gasteiger partial charge is 0.230 e. The Morgan fingerprint density at radius 3 is 2.68 bits per heavy atom. The zero-order valence-corrected chi connectivity index (χ0v) is 20.4. The van der Waals surface area contributed by atoms with Crippen molar-refractivity contribution in [3.8, 4) is 10.7 Å². The van der Waals surface area contributed by atoms with E-state index in [9.17, 15) is 4.79 Å². The monoisotopic (exact) mass is 475 g/mol. The molecule has 31 heavy (non-hydrogen) atoms. The molecular formula is C22H29N5OS3. The molecule has 1 amide bonds. The second kappa shape index (κ2) is 10.8. The van der Waals surface area contributed by atoms with Crippen LogP contribution in [0.25, 0.3) is 10.7 Å². The Morgan fingerprint density at radius 2 is 2.00 bits per heavy atom. The fourth-order valence-corrected chi connectivity index (χ4v) is 6.30. The summed E-state index contributed by atoms with van der Waals surface area (Å²) in [7, 11) is 0. The van der Waals surface area contributed by atoms with Gasteiger partial charge in [0.25, 0.3) is 0 Å². The number of likely N-dealkylation sites (tertiary alicyclic amines) is 1. The van der Waals surface area contributed by atoms with E-state index in [0.717, 1.165) is 41.4 Å². The van der Waals surface area contributed by atoms with Gasteiger partial charge in [-0.05, 0) is 61.7 Å². The number of hydrogen-bond donors (Lipinski definition) is 1. The Kier molecular flexibility index (Phi) is 7.81. The molecule has 3 aromatic rings. The normalized spacial score (nSPS) is 16.5. The third kappa shape index (κ3) is 5.58. The highest BCUT2D eigenvalue weighted by molar-refractivity contribution is 7.99. The Hall–Kier alpha value is -1.68. The molecule has 1 aliphatic rings. The molecule has 4 rings (SSSR count). The van der Waals surface area contributed by atoms with Crippen molar-refractivity contribution in [2.45, 2.75) is 44.4 Å². The summed E-state index contributed by atoms with van der Waals surface area (Å²) in [6, 6.07) is 8.60. The molecule has 9 heteroatoms. The maximum Gasteiger partial charge on any atom is 0.230 e. The summed E-state index contributed by atoms with van der Waals surface area (Å²) in [5.41, 5.74) is 0. The molecule has 1 aliphatic heterocycles. The third-order valence-electron chi connectivity index (χ3n) is 5.73. The zero-order valence-electron chi connectivity index (χ0n) is 18.0. The minimum absolute atomic E-state index is 0.0419. The summed E-state index contributed by atoms with van der Waals surface area (Å²) in [6.45, 7) is 8.03. The lowest BCUT2D eigenvalue weighted by atomic mass is 9.97. The lowest BCUT2D eigenvalue weighted by Crippen LogP contribution is -2.42. The van der Waals surface area contributed by atoms with Gasteiger partial charge in [0.1, 0.15) is 0 Å². The van der Waals surface area contributed by atoms with Gasteiger partial charge < -0.3 is 9.88 Å². The van der Waals surface area contributed by atoms with Crippen molar-refractivity contribution >= 4 is 40.3 Å². The van der Waals surface area contributed by atoms with Crippen LogP contribution in [0, 0.1) is 5.92 Å². The van der Waals surface area contributed by atoms with Crippen molar-refractivity contribution in [2.75, 3.05) is 25.4 Å². The average molecular weight is 476 g/mol. The zero-order chi connectivity index (χ0) is 21.6. The van der Waals surface area contributed by atoms with E-state index in [1.165, 1.54) is 29.5 Å². The highest BCUT2D eigenvalue weighted by Gasteiger charge is 2.26. The van der Waals surface area contributed by atoms with Crippen LogP contribution in [0.15, 0.2) is 40.2 Å². The van der Waals surface area contributed by atoms with Crippen molar-refractivity contribution < 1.29 is 4.79 Å². The van der Waals surface area contributed by atoms with Crippen LogP contribution in [0.1, 0.15) is 37.6 Å². The number of aromatic nitrogens is 3. The Balaban J connectivity index is 1.34. The minimum atomic E-state index is 0.0419. The van der Waals surface area contributed by atoms with Gasteiger partial charge in [-0.2, -0.15) is 0 Å². The highest BCUT2D eigenvalue weighted by atomic mass is 32.2. The molecule has 1 saturated heterocycles. The van der Waals surface area contributed by atoms with E-state index >= 15 is 0 Å². The van der Waals surface area contributed by atoms with Crippen LogP contribution >= 0.6 is 34.4 Å². The Morgan fingerprint density at radius 1 is 1.23 bits per heavy atom. The standard InChI is InChI=1S/C22H29N5OS3/c1-3-27-21(19-7-5-13-30-19)24-25-22(27)31-15-20(28)23-14-17(18-6-4-12-29-18)26-10-8-16(2)9-11-26/h4-7,12-13,16-17H,3,8-11,14-15H2,1-2H3,(H,23,28). The average Bonchev–Trinajstić information content (AvgIpc) is 3.54. The Bertz CT molecular complexity index is 946. The SMILES string of the molecule is CCn1c(SCC(=O)NCC(c2cccs2)N2CCC(C)CC2)nnc1-c1cccs1. The van der Waals surface area contributed by atoms with Crippen LogP contribution in [0.3, 0.4) is 0 Å². The third-order valence-corrected chi connectivity index (χ3v) is 8.54. The van der Waals surface area contributed by atoms with Gasteiger partial charge >= 0.3 is 0 Å². The van der Waals surface area contributed by atoms with Gasteiger partial charge in [0.2, 0.25) is 5.91 Å². The molecule has 1 unspecified atom stereocenters. The van der Waals surface area contributed by atoms with Gasteiger partial charge in [-0.15, -0.1) is 32.9 Å². The van der Waals surface area contributed by atoms with Crippen molar-refractivity contribution in [2.24, 2.45) is 5.92 Å². The summed E-state index contributed by atoms with van der Waals surface area (Å²) in [4.78, 5) is 17.6. The van der Waals surface area contributed by atoms with Gasteiger partial charge in [-0.1, -0.05) is 30.8 Å². The number of thioether (sulfide) groups is 1. The maximum atomic E-state index is 12.7. The van der Waals surface area contributed by atoms with Crippen molar-refractivity contribution in [3.63, 3.8) is 0 Å². The lowest BCUT2D eigenvalue weighted by Gasteiger charge is -2.36. The van der Waals surface area contributed by atoms with Crippen molar-refractivity contribution in [1.29, 1.82) is 0 Å². The number of nitrogens with zero attached hydrogens (tertiary/aromatic N) is 4.